The lowest BCUT2D eigenvalue weighted by atomic mass is 9.89. The largest absolute Gasteiger partial charge is 0.389 e. The predicted molar refractivity (Wildman–Crippen MR) is 93.6 cm³/mol. The molecule has 1 aliphatic heterocycles. The minimum absolute atomic E-state index is 0.165. The average Bonchev–Trinajstić information content (AvgIpc) is 2.60. The summed E-state index contributed by atoms with van der Waals surface area (Å²) in [5, 5.41) is 10.4. The third-order valence-corrected chi connectivity index (χ3v) is 5.47. The lowest BCUT2D eigenvalue weighted by Gasteiger charge is -2.36. The number of rotatable bonds is 6. The molecule has 1 aliphatic carbocycles. The molecule has 128 valence electrons. The van der Waals surface area contributed by atoms with Crippen molar-refractivity contribution >= 4 is 0 Å². The second-order valence-corrected chi connectivity index (χ2v) is 7.12. The molecule has 0 aromatic heterocycles. The molecule has 2 aliphatic rings. The first-order valence-corrected chi connectivity index (χ1v) is 9.39. The van der Waals surface area contributed by atoms with Crippen molar-refractivity contribution in [1.82, 2.24) is 4.90 Å². The number of β-amino-alcohol motifs (C(OH)–C–C–N with tert-alkyl or cyclic N) is 1. The van der Waals surface area contributed by atoms with Crippen LogP contribution in [0.4, 0.5) is 0 Å². The number of nitrogens with zero attached hydrogens (tertiary/aromatic N) is 1. The van der Waals surface area contributed by atoms with Gasteiger partial charge in [-0.1, -0.05) is 37.6 Å². The Kier molecular flexibility index (Phi) is 6.09. The number of benzene rings is 1. The molecule has 3 heteroatoms. The van der Waals surface area contributed by atoms with E-state index in [1.807, 2.05) is 0 Å². The SMILES string of the molecule is CC[C@@H]1CCCCN1C[C@H](O)CO[C@H]1CCCc2ccccc21. The Bertz CT molecular complexity index is 490. The van der Waals surface area contributed by atoms with Crippen LogP contribution in [-0.2, 0) is 11.2 Å². The van der Waals surface area contributed by atoms with Gasteiger partial charge in [0.1, 0.15) is 0 Å². The summed E-state index contributed by atoms with van der Waals surface area (Å²) in [5.41, 5.74) is 2.75. The van der Waals surface area contributed by atoms with E-state index in [9.17, 15) is 5.11 Å². The van der Waals surface area contributed by atoms with Crippen molar-refractivity contribution in [2.24, 2.45) is 0 Å². The molecule has 0 spiro atoms. The van der Waals surface area contributed by atoms with Crippen LogP contribution in [0, 0.1) is 0 Å². The number of piperidine rings is 1. The lowest BCUT2D eigenvalue weighted by molar-refractivity contribution is -0.0356. The Morgan fingerprint density at radius 3 is 2.96 bits per heavy atom. The van der Waals surface area contributed by atoms with Gasteiger partial charge in [-0.15, -0.1) is 0 Å². The number of fused-ring (bicyclic) bond motifs is 1. The van der Waals surface area contributed by atoms with Crippen LogP contribution in [0.15, 0.2) is 24.3 Å². The molecular formula is C20H31NO2. The second-order valence-electron chi connectivity index (χ2n) is 7.12. The van der Waals surface area contributed by atoms with Gasteiger partial charge in [-0.25, -0.2) is 0 Å². The van der Waals surface area contributed by atoms with Crippen LogP contribution in [0.25, 0.3) is 0 Å². The molecule has 1 heterocycles. The summed E-state index contributed by atoms with van der Waals surface area (Å²) < 4.78 is 6.10. The number of aliphatic hydroxyl groups excluding tert-OH is 1. The summed E-state index contributed by atoms with van der Waals surface area (Å²) in [5.74, 6) is 0. The number of hydrogen-bond donors (Lipinski definition) is 1. The van der Waals surface area contributed by atoms with Gasteiger partial charge in [0.25, 0.3) is 0 Å². The number of ether oxygens (including phenoxy) is 1. The monoisotopic (exact) mass is 317 g/mol. The molecule has 0 radical (unpaired) electrons. The smallest absolute Gasteiger partial charge is 0.0900 e. The van der Waals surface area contributed by atoms with E-state index in [4.69, 9.17) is 4.74 Å². The lowest BCUT2D eigenvalue weighted by Crippen LogP contribution is -2.44. The molecule has 0 amide bonds. The molecule has 3 atom stereocenters. The fraction of sp³-hybridized carbons (Fsp3) is 0.700. The van der Waals surface area contributed by atoms with Crippen LogP contribution < -0.4 is 0 Å². The summed E-state index contributed by atoms with van der Waals surface area (Å²) in [4.78, 5) is 2.46. The van der Waals surface area contributed by atoms with Crippen molar-refractivity contribution in [2.75, 3.05) is 19.7 Å². The highest BCUT2D eigenvalue weighted by molar-refractivity contribution is 5.31. The highest BCUT2D eigenvalue weighted by Gasteiger charge is 2.25. The van der Waals surface area contributed by atoms with Gasteiger partial charge in [0.15, 0.2) is 0 Å². The predicted octanol–water partition coefficient (Wildman–Crippen LogP) is 3.71. The maximum Gasteiger partial charge on any atom is 0.0900 e. The Hall–Kier alpha value is -0.900. The van der Waals surface area contributed by atoms with Crippen molar-refractivity contribution in [2.45, 2.75) is 70.1 Å². The molecule has 1 N–H and O–H groups in total. The number of likely N-dealkylation sites (tertiary alicyclic amines) is 1. The van der Waals surface area contributed by atoms with Gasteiger partial charge in [-0.05, 0) is 56.2 Å². The van der Waals surface area contributed by atoms with Crippen molar-refractivity contribution in [1.29, 1.82) is 0 Å². The van der Waals surface area contributed by atoms with Gasteiger partial charge >= 0.3 is 0 Å². The van der Waals surface area contributed by atoms with Crippen LogP contribution in [0.1, 0.15) is 62.7 Å². The van der Waals surface area contributed by atoms with Crippen LogP contribution >= 0.6 is 0 Å². The highest BCUT2D eigenvalue weighted by atomic mass is 16.5. The minimum atomic E-state index is -0.378. The third-order valence-electron chi connectivity index (χ3n) is 5.47. The fourth-order valence-electron chi connectivity index (χ4n) is 4.20. The van der Waals surface area contributed by atoms with Gasteiger partial charge in [0.05, 0.1) is 18.8 Å². The van der Waals surface area contributed by atoms with Crippen molar-refractivity contribution in [3.8, 4) is 0 Å². The quantitative estimate of drug-likeness (QED) is 0.868. The fourth-order valence-corrected chi connectivity index (χ4v) is 4.20. The van der Waals surface area contributed by atoms with Gasteiger partial charge in [0, 0.05) is 12.6 Å². The van der Waals surface area contributed by atoms with E-state index in [0.29, 0.717) is 12.6 Å². The normalized spacial score (nSPS) is 26.7. The first-order chi connectivity index (χ1) is 11.3. The van der Waals surface area contributed by atoms with Crippen LogP contribution in [0.2, 0.25) is 0 Å². The van der Waals surface area contributed by atoms with E-state index in [0.717, 1.165) is 25.9 Å². The minimum Gasteiger partial charge on any atom is -0.389 e. The number of aryl methyl sites for hydroxylation is 1. The van der Waals surface area contributed by atoms with Crippen molar-refractivity contribution < 1.29 is 9.84 Å². The van der Waals surface area contributed by atoms with E-state index in [2.05, 4.69) is 36.1 Å². The van der Waals surface area contributed by atoms with Gasteiger partial charge in [-0.3, -0.25) is 4.90 Å². The summed E-state index contributed by atoms with van der Waals surface area (Å²) >= 11 is 0. The number of hydrogen-bond acceptors (Lipinski definition) is 3. The molecule has 1 fully saturated rings. The molecule has 0 bridgehead atoms. The molecule has 0 unspecified atom stereocenters. The zero-order valence-corrected chi connectivity index (χ0v) is 14.4. The maximum atomic E-state index is 10.4. The molecule has 1 aromatic carbocycles. The van der Waals surface area contributed by atoms with E-state index in [-0.39, 0.29) is 12.2 Å². The van der Waals surface area contributed by atoms with Crippen molar-refractivity contribution in [3.63, 3.8) is 0 Å². The molecule has 1 aromatic rings. The van der Waals surface area contributed by atoms with E-state index in [1.54, 1.807) is 0 Å². The molecule has 1 saturated heterocycles. The van der Waals surface area contributed by atoms with Crippen LogP contribution in [0.5, 0.6) is 0 Å². The Balaban J connectivity index is 1.50. The van der Waals surface area contributed by atoms with Crippen LogP contribution in [0.3, 0.4) is 0 Å². The molecule has 3 nitrogen and oxygen atoms in total. The first-order valence-electron chi connectivity index (χ1n) is 9.39. The molecule has 0 saturated carbocycles. The van der Waals surface area contributed by atoms with Gasteiger partial charge < -0.3 is 9.84 Å². The maximum absolute atomic E-state index is 10.4. The first kappa shape index (κ1) is 16.9. The zero-order chi connectivity index (χ0) is 16.1. The topological polar surface area (TPSA) is 32.7 Å². The standard InChI is InChI=1S/C20H31NO2/c1-2-17-10-5-6-13-21(17)14-18(22)15-23-20-12-7-9-16-8-3-4-11-19(16)20/h3-4,8,11,17-18,20,22H,2,5-7,9-10,12-15H2,1H3/t17-,18+,20+/m1/s1. The van der Waals surface area contributed by atoms with Crippen LogP contribution in [-0.4, -0.2) is 41.8 Å². The summed E-state index contributed by atoms with van der Waals surface area (Å²) in [6.45, 7) is 4.59. The number of aliphatic hydroxyl groups is 1. The second kappa shape index (κ2) is 8.27. The average molecular weight is 317 g/mol. The zero-order valence-electron chi connectivity index (χ0n) is 14.4. The van der Waals surface area contributed by atoms with E-state index in [1.165, 1.54) is 43.2 Å². The van der Waals surface area contributed by atoms with Gasteiger partial charge in [0.2, 0.25) is 0 Å². The van der Waals surface area contributed by atoms with E-state index < -0.39 is 0 Å². The molecule has 23 heavy (non-hydrogen) atoms. The van der Waals surface area contributed by atoms with Gasteiger partial charge in [-0.2, -0.15) is 0 Å². The van der Waals surface area contributed by atoms with E-state index >= 15 is 0 Å². The van der Waals surface area contributed by atoms with Crippen molar-refractivity contribution in [3.05, 3.63) is 35.4 Å². The Morgan fingerprint density at radius 2 is 2.09 bits per heavy atom. The highest BCUT2D eigenvalue weighted by Crippen LogP contribution is 2.32. The Labute approximate surface area is 140 Å². The summed E-state index contributed by atoms with van der Waals surface area (Å²) in [7, 11) is 0. The molecular weight excluding hydrogens is 286 g/mol. The summed E-state index contributed by atoms with van der Waals surface area (Å²) in [6.07, 6.45) is 8.26. The third kappa shape index (κ3) is 4.34. The Morgan fingerprint density at radius 1 is 1.22 bits per heavy atom. The molecule has 3 rings (SSSR count). The summed E-state index contributed by atoms with van der Waals surface area (Å²) in [6, 6.07) is 9.24.